The fourth-order valence-corrected chi connectivity index (χ4v) is 2.54. The molecule has 1 atom stereocenters. The molecule has 17 heavy (non-hydrogen) atoms. The van der Waals surface area contributed by atoms with Crippen LogP contribution in [0.15, 0.2) is 5.16 Å². The minimum absolute atomic E-state index is 0.0208. The van der Waals surface area contributed by atoms with E-state index in [1.54, 1.807) is 18.7 Å². The summed E-state index contributed by atoms with van der Waals surface area (Å²) in [6.07, 6.45) is 0.861. The summed E-state index contributed by atoms with van der Waals surface area (Å²) in [6, 6.07) is 0. The van der Waals surface area contributed by atoms with Crippen molar-refractivity contribution in [1.82, 2.24) is 0 Å². The molecule has 0 radical (unpaired) electrons. The van der Waals surface area contributed by atoms with Crippen LogP contribution in [-0.2, 0) is 19.2 Å². The van der Waals surface area contributed by atoms with Gasteiger partial charge in [0.25, 0.3) is 0 Å². The Morgan fingerprint density at radius 2 is 2.29 bits per heavy atom. The van der Waals surface area contributed by atoms with Gasteiger partial charge >= 0.3 is 5.97 Å². The number of ketones is 1. The lowest BCUT2D eigenvalue weighted by atomic mass is 10.3. The summed E-state index contributed by atoms with van der Waals surface area (Å²) in [7, 11) is 0. The van der Waals surface area contributed by atoms with Gasteiger partial charge in [0.15, 0.2) is 0 Å². The molecular weight excluding hydrogens is 310 g/mol. The number of hydrogen-bond acceptors (Lipinski definition) is 6. The third kappa shape index (κ3) is 4.67. The van der Waals surface area contributed by atoms with Crippen molar-refractivity contribution in [2.45, 2.75) is 19.4 Å². The molecule has 0 aromatic rings. The lowest BCUT2D eigenvalue weighted by Gasteiger charge is -2.07. The van der Waals surface area contributed by atoms with Crippen LogP contribution in [0.3, 0.4) is 0 Å². The number of hydrogen-bond donors (Lipinski definition) is 0. The standard InChI is InChI=1S/C10H14BrNO4S/c1-2-15-10(14)9(8(13)5-11)12-16-7-3-4-17-6-7/h7H,2-6H2,1H3/b12-9+. The zero-order valence-corrected chi connectivity index (χ0v) is 11.9. The first kappa shape index (κ1) is 14.5. The van der Waals surface area contributed by atoms with E-state index in [0.717, 1.165) is 17.9 Å². The van der Waals surface area contributed by atoms with E-state index in [1.807, 2.05) is 0 Å². The fraction of sp³-hybridized carbons (Fsp3) is 0.700. The molecule has 96 valence electrons. The first-order chi connectivity index (χ1) is 8.19. The largest absolute Gasteiger partial charge is 0.461 e. The summed E-state index contributed by atoms with van der Waals surface area (Å²) in [6.45, 7) is 1.87. The second-order valence-electron chi connectivity index (χ2n) is 3.31. The summed E-state index contributed by atoms with van der Waals surface area (Å²) < 4.78 is 4.75. The number of nitrogens with zero attached hydrogens (tertiary/aromatic N) is 1. The fourth-order valence-electron chi connectivity index (χ4n) is 1.19. The molecule has 1 heterocycles. The maximum atomic E-state index is 11.5. The average molecular weight is 324 g/mol. The molecule has 1 aliphatic heterocycles. The van der Waals surface area contributed by atoms with Gasteiger partial charge < -0.3 is 9.57 Å². The van der Waals surface area contributed by atoms with Crippen LogP contribution < -0.4 is 0 Å². The Morgan fingerprint density at radius 3 is 2.82 bits per heavy atom. The van der Waals surface area contributed by atoms with E-state index < -0.39 is 11.8 Å². The topological polar surface area (TPSA) is 65.0 Å². The van der Waals surface area contributed by atoms with Crippen molar-refractivity contribution in [2.75, 3.05) is 23.4 Å². The Balaban J connectivity index is 2.63. The molecule has 1 saturated heterocycles. The maximum absolute atomic E-state index is 11.5. The van der Waals surface area contributed by atoms with Crippen LogP contribution in [0.2, 0.25) is 0 Å². The van der Waals surface area contributed by atoms with Gasteiger partial charge in [0.05, 0.1) is 11.9 Å². The molecule has 1 fully saturated rings. The van der Waals surface area contributed by atoms with Crippen molar-refractivity contribution in [3.63, 3.8) is 0 Å². The van der Waals surface area contributed by atoms with Crippen molar-refractivity contribution in [3.8, 4) is 0 Å². The van der Waals surface area contributed by atoms with Crippen LogP contribution in [0.25, 0.3) is 0 Å². The molecule has 1 rings (SSSR count). The Labute approximate surface area is 112 Å². The highest BCUT2D eigenvalue weighted by molar-refractivity contribution is 9.09. The number of esters is 1. The molecule has 0 aromatic heterocycles. The Morgan fingerprint density at radius 1 is 1.53 bits per heavy atom. The Kier molecular flexibility index (Phi) is 6.57. The Hall–Kier alpha value is -0.560. The lowest BCUT2D eigenvalue weighted by molar-refractivity contribution is -0.136. The molecule has 0 spiro atoms. The van der Waals surface area contributed by atoms with Crippen molar-refractivity contribution < 1.29 is 19.2 Å². The minimum Gasteiger partial charge on any atom is -0.461 e. The zero-order chi connectivity index (χ0) is 12.7. The van der Waals surface area contributed by atoms with Crippen molar-refractivity contribution in [1.29, 1.82) is 0 Å². The third-order valence-electron chi connectivity index (χ3n) is 2.04. The van der Waals surface area contributed by atoms with E-state index in [4.69, 9.17) is 9.57 Å². The van der Waals surface area contributed by atoms with Gasteiger partial charge in [-0.15, -0.1) is 0 Å². The van der Waals surface area contributed by atoms with Gasteiger partial charge in [-0.05, 0) is 19.1 Å². The van der Waals surface area contributed by atoms with Crippen LogP contribution in [-0.4, -0.2) is 47.0 Å². The molecule has 0 amide bonds. The summed E-state index contributed by atoms with van der Waals surface area (Å²) in [5.41, 5.74) is -0.277. The van der Waals surface area contributed by atoms with Gasteiger partial charge in [-0.25, -0.2) is 4.79 Å². The maximum Gasteiger partial charge on any atom is 0.364 e. The third-order valence-corrected chi connectivity index (χ3v) is 3.68. The number of rotatable bonds is 6. The molecule has 1 unspecified atom stereocenters. The van der Waals surface area contributed by atoms with Crippen molar-refractivity contribution in [2.24, 2.45) is 5.16 Å². The molecular formula is C10H14BrNO4S. The molecule has 0 N–H and O–H groups in total. The number of Topliss-reactive ketones (excluding diaryl/α,β-unsaturated/α-hetero) is 1. The molecule has 0 bridgehead atoms. The van der Waals surface area contributed by atoms with Crippen LogP contribution in [0.1, 0.15) is 13.3 Å². The van der Waals surface area contributed by atoms with Crippen molar-refractivity contribution in [3.05, 3.63) is 0 Å². The normalized spacial score (nSPS) is 20.1. The molecule has 7 heteroatoms. The van der Waals surface area contributed by atoms with E-state index in [1.165, 1.54) is 0 Å². The van der Waals surface area contributed by atoms with Crippen LogP contribution in [0, 0.1) is 0 Å². The SMILES string of the molecule is CCOC(=O)/C(=N/OC1CCSC1)C(=O)CBr. The van der Waals surface area contributed by atoms with Crippen LogP contribution >= 0.6 is 27.7 Å². The van der Waals surface area contributed by atoms with E-state index in [0.29, 0.717) is 0 Å². The predicted molar refractivity (Wildman–Crippen MR) is 69.7 cm³/mol. The molecule has 1 aliphatic rings. The second kappa shape index (κ2) is 7.71. The van der Waals surface area contributed by atoms with Gasteiger partial charge in [-0.1, -0.05) is 21.1 Å². The summed E-state index contributed by atoms with van der Waals surface area (Å²) >= 11 is 4.75. The van der Waals surface area contributed by atoms with Crippen LogP contribution in [0.5, 0.6) is 0 Å². The first-order valence-corrected chi connectivity index (χ1v) is 7.54. The first-order valence-electron chi connectivity index (χ1n) is 5.26. The van der Waals surface area contributed by atoms with E-state index in [2.05, 4.69) is 21.1 Å². The summed E-state index contributed by atoms with van der Waals surface area (Å²) in [5.74, 6) is 0.681. The number of carbonyl (C=O) groups is 2. The highest BCUT2D eigenvalue weighted by atomic mass is 79.9. The highest BCUT2D eigenvalue weighted by Crippen LogP contribution is 2.20. The quantitative estimate of drug-likeness (QED) is 0.243. The Bertz CT molecular complexity index is 315. The number of thioether (sulfide) groups is 1. The van der Waals surface area contributed by atoms with Crippen LogP contribution in [0.4, 0.5) is 0 Å². The van der Waals surface area contributed by atoms with Gasteiger partial charge in [-0.2, -0.15) is 11.8 Å². The molecule has 0 saturated carbocycles. The number of carbonyl (C=O) groups excluding carboxylic acids is 2. The number of alkyl halides is 1. The zero-order valence-electron chi connectivity index (χ0n) is 9.48. The minimum atomic E-state index is -0.734. The van der Waals surface area contributed by atoms with E-state index in [9.17, 15) is 9.59 Å². The average Bonchev–Trinajstić information content (AvgIpc) is 2.82. The predicted octanol–water partition coefficient (Wildman–Crippen LogP) is 1.39. The van der Waals surface area contributed by atoms with E-state index >= 15 is 0 Å². The highest BCUT2D eigenvalue weighted by Gasteiger charge is 2.23. The smallest absolute Gasteiger partial charge is 0.364 e. The monoisotopic (exact) mass is 323 g/mol. The van der Waals surface area contributed by atoms with Gasteiger partial charge in [0, 0.05) is 5.75 Å². The van der Waals surface area contributed by atoms with Gasteiger partial charge in [0.2, 0.25) is 11.5 Å². The molecule has 5 nitrogen and oxygen atoms in total. The van der Waals surface area contributed by atoms with Gasteiger partial charge in [-0.3, -0.25) is 4.79 Å². The van der Waals surface area contributed by atoms with E-state index in [-0.39, 0.29) is 23.8 Å². The number of oxime groups is 1. The van der Waals surface area contributed by atoms with Gasteiger partial charge in [0.1, 0.15) is 6.10 Å². The molecule has 0 aliphatic carbocycles. The van der Waals surface area contributed by atoms with Crippen molar-refractivity contribution >= 4 is 45.2 Å². The number of halogens is 1. The number of ether oxygens (including phenoxy) is 1. The summed E-state index contributed by atoms with van der Waals surface area (Å²) in [5, 5.41) is 3.67. The molecule has 0 aromatic carbocycles. The second-order valence-corrected chi connectivity index (χ2v) is 5.02. The summed E-state index contributed by atoms with van der Waals surface area (Å²) in [4.78, 5) is 28.1. The lowest BCUT2D eigenvalue weighted by Crippen LogP contribution is -2.28.